The van der Waals surface area contributed by atoms with Gasteiger partial charge in [-0.2, -0.15) is 0 Å². The zero-order valence-corrected chi connectivity index (χ0v) is 27.4. The Hall–Kier alpha value is -5.94. The number of fused-ring (bicyclic) bond motifs is 4. The molecule has 5 aromatic carbocycles. The van der Waals surface area contributed by atoms with Gasteiger partial charge in [-0.15, -0.1) is 0 Å². The van der Waals surface area contributed by atoms with Gasteiger partial charge in [0.1, 0.15) is 22.8 Å². The smallest absolute Gasteiger partial charge is 0.220 e. The van der Waals surface area contributed by atoms with Crippen molar-refractivity contribution >= 4 is 32.7 Å². The van der Waals surface area contributed by atoms with Gasteiger partial charge >= 0.3 is 0 Å². The van der Waals surface area contributed by atoms with E-state index >= 15 is 0 Å². The molecule has 0 unspecified atom stereocenters. The number of rotatable bonds is 5. The van der Waals surface area contributed by atoms with E-state index in [0.29, 0.717) is 17.1 Å². The number of aromatic nitrogens is 3. The van der Waals surface area contributed by atoms with Crippen LogP contribution in [0.2, 0.25) is 0 Å². The van der Waals surface area contributed by atoms with Crippen LogP contribution in [-0.4, -0.2) is 19.6 Å². The van der Waals surface area contributed by atoms with Crippen LogP contribution in [0.25, 0.3) is 60.8 Å². The lowest BCUT2D eigenvalue weighted by molar-refractivity contribution is 0.460. The molecule has 0 aliphatic carbocycles. The van der Waals surface area contributed by atoms with E-state index in [1.165, 1.54) is 5.56 Å². The summed E-state index contributed by atoms with van der Waals surface area (Å²) in [6, 6.07) is 45.0. The third-order valence-electron chi connectivity index (χ3n) is 8.99. The second kappa shape index (κ2) is 11.4. The molecule has 0 saturated heterocycles. The average Bonchev–Trinajstić information content (AvgIpc) is 3.41. The predicted octanol–water partition coefficient (Wildman–Crippen LogP) is 11.2. The quantitative estimate of drug-likeness (QED) is 0.207. The van der Waals surface area contributed by atoms with Gasteiger partial charge < -0.3 is 9.84 Å². The fourth-order valence-corrected chi connectivity index (χ4v) is 6.54. The Morgan fingerprint density at radius 1 is 0.604 bits per heavy atom. The zero-order chi connectivity index (χ0) is 33.0. The van der Waals surface area contributed by atoms with Gasteiger partial charge in [0.15, 0.2) is 0 Å². The first-order chi connectivity index (χ1) is 23.2. The van der Waals surface area contributed by atoms with E-state index in [2.05, 4.69) is 73.9 Å². The highest BCUT2D eigenvalue weighted by atomic mass is 16.5. The van der Waals surface area contributed by atoms with Gasteiger partial charge in [0.2, 0.25) is 5.88 Å². The molecule has 0 amide bonds. The summed E-state index contributed by atoms with van der Waals surface area (Å²) in [5.74, 6) is 1.99. The summed E-state index contributed by atoms with van der Waals surface area (Å²) >= 11 is 0. The molecule has 3 heterocycles. The largest absolute Gasteiger partial charge is 0.506 e. The molecule has 0 radical (unpaired) electrons. The zero-order valence-electron chi connectivity index (χ0n) is 27.4. The molecule has 0 bridgehead atoms. The average molecular weight is 626 g/mol. The van der Waals surface area contributed by atoms with Crippen molar-refractivity contribution in [3.63, 3.8) is 0 Å². The number of ether oxygens (including phenoxy) is 1. The molecule has 5 nitrogen and oxygen atoms in total. The Balaban J connectivity index is 1.30. The number of pyridine rings is 2. The first-order valence-electron chi connectivity index (χ1n) is 16.2. The lowest BCUT2D eigenvalue weighted by atomic mass is 9.86. The Labute approximate surface area is 279 Å². The Bertz CT molecular complexity index is 2480. The molecule has 0 aliphatic heterocycles. The molecule has 3 aromatic heterocycles. The Morgan fingerprint density at radius 3 is 2.00 bits per heavy atom. The van der Waals surface area contributed by atoms with Crippen LogP contribution in [0.1, 0.15) is 32.0 Å². The monoisotopic (exact) mass is 625 g/mol. The number of phenolic OH excluding ortho intramolecular Hbond substituents is 1. The van der Waals surface area contributed by atoms with Crippen molar-refractivity contribution in [3.05, 3.63) is 145 Å². The maximum Gasteiger partial charge on any atom is 0.220 e. The minimum absolute atomic E-state index is 0.00455. The van der Waals surface area contributed by atoms with Crippen molar-refractivity contribution < 1.29 is 9.84 Å². The van der Waals surface area contributed by atoms with Gasteiger partial charge in [-0.05, 0) is 82.6 Å². The molecule has 0 saturated carbocycles. The van der Waals surface area contributed by atoms with E-state index in [9.17, 15) is 5.11 Å². The van der Waals surface area contributed by atoms with E-state index in [4.69, 9.17) is 14.7 Å². The highest BCUT2D eigenvalue weighted by molar-refractivity contribution is 6.09. The highest BCUT2D eigenvalue weighted by Gasteiger charge is 2.20. The van der Waals surface area contributed by atoms with E-state index < -0.39 is 0 Å². The number of hydrogen-bond acceptors (Lipinski definition) is 4. The van der Waals surface area contributed by atoms with E-state index in [0.717, 1.165) is 61.0 Å². The summed E-state index contributed by atoms with van der Waals surface area (Å²) < 4.78 is 8.78. The molecule has 8 rings (SSSR count). The third kappa shape index (κ3) is 5.23. The van der Waals surface area contributed by atoms with Crippen LogP contribution in [-0.2, 0) is 5.41 Å². The van der Waals surface area contributed by atoms with Gasteiger partial charge in [0.05, 0.1) is 11.0 Å². The van der Waals surface area contributed by atoms with Gasteiger partial charge in [-0.1, -0.05) is 99.6 Å². The normalized spacial score (nSPS) is 11.8. The van der Waals surface area contributed by atoms with Gasteiger partial charge in [-0.25, -0.2) is 9.97 Å². The van der Waals surface area contributed by atoms with Gasteiger partial charge in [0.25, 0.3) is 0 Å². The minimum atomic E-state index is -0.00455. The molecule has 0 fully saturated rings. The molecule has 0 atom stereocenters. The second-order valence-corrected chi connectivity index (χ2v) is 13.4. The van der Waals surface area contributed by atoms with Crippen LogP contribution in [0.3, 0.4) is 0 Å². The van der Waals surface area contributed by atoms with Gasteiger partial charge in [-0.3, -0.25) is 4.57 Å². The molecular weight excluding hydrogens is 590 g/mol. The first-order valence-corrected chi connectivity index (χ1v) is 16.2. The number of aryl methyl sites for hydroxylation is 1. The summed E-state index contributed by atoms with van der Waals surface area (Å²) in [6.45, 7) is 8.72. The number of aromatic hydroxyl groups is 1. The Kier molecular flexibility index (Phi) is 6.99. The molecule has 234 valence electrons. The lowest BCUT2D eigenvalue weighted by Crippen LogP contribution is -2.11. The minimum Gasteiger partial charge on any atom is -0.506 e. The van der Waals surface area contributed by atoms with Crippen LogP contribution >= 0.6 is 0 Å². The summed E-state index contributed by atoms with van der Waals surface area (Å²) in [5, 5.41) is 14.5. The molecule has 0 spiro atoms. The molecule has 0 aliphatic rings. The van der Waals surface area contributed by atoms with Crippen molar-refractivity contribution in [2.75, 3.05) is 0 Å². The SMILES string of the molecule is Cc1cccc(-n2c3cc(Oc4cc(-c5ccccc5)c5cc(-c6ccccc6)cc(O)c5n4)ccc3c3ccc(C(C)(C)C)cc32)n1. The number of nitrogens with zero attached hydrogens (tertiary/aromatic N) is 3. The molecule has 5 heteroatoms. The first kappa shape index (κ1) is 29.5. The molecule has 1 N–H and O–H groups in total. The maximum absolute atomic E-state index is 11.3. The highest BCUT2D eigenvalue weighted by Crippen LogP contribution is 2.41. The summed E-state index contributed by atoms with van der Waals surface area (Å²) in [7, 11) is 0. The topological polar surface area (TPSA) is 60.2 Å². The third-order valence-corrected chi connectivity index (χ3v) is 8.99. The second-order valence-electron chi connectivity index (χ2n) is 13.4. The summed E-state index contributed by atoms with van der Waals surface area (Å²) in [5.41, 5.74) is 8.66. The number of benzene rings is 5. The van der Waals surface area contributed by atoms with Crippen LogP contribution < -0.4 is 4.74 Å². The Morgan fingerprint density at radius 2 is 1.29 bits per heavy atom. The predicted molar refractivity (Wildman–Crippen MR) is 196 cm³/mol. The van der Waals surface area contributed by atoms with Crippen molar-refractivity contribution in [1.29, 1.82) is 0 Å². The van der Waals surface area contributed by atoms with Crippen molar-refractivity contribution in [3.8, 4) is 45.5 Å². The van der Waals surface area contributed by atoms with E-state index in [-0.39, 0.29) is 11.2 Å². The van der Waals surface area contributed by atoms with Crippen LogP contribution in [0, 0.1) is 6.92 Å². The van der Waals surface area contributed by atoms with Gasteiger partial charge in [0, 0.05) is 34.0 Å². The molecule has 48 heavy (non-hydrogen) atoms. The summed E-state index contributed by atoms with van der Waals surface area (Å²) in [4.78, 5) is 9.77. The maximum atomic E-state index is 11.3. The lowest BCUT2D eigenvalue weighted by Gasteiger charge is -2.19. The van der Waals surface area contributed by atoms with Crippen molar-refractivity contribution in [2.24, 2.45) is 0 Å². The summed E-state index contributed by atoms with van der Waals surface area (Å²) in [6.07, 6.45) is 0. The van der Waals surface area contributed by atoms with Crippen LogP contribution in [0.4, 0.5) is 0 Å². The van der Waals surface area contributed by atoms with E-state index in [1.54, 1.807) is 6.07 Å². The fraction of sp³-hybridized carbons (Fsp3) is 0.116. The number of hydrogen-bond donors (Lipinski definition) is 1. The van der Waals surface area contributed by atoms with Crippen LogP contribution in [0.15, 0.2) is 133 Å². The van der Waals surface area contributed by atoms with Crippen molar-refractivity contribution in [2.45, 2.75) is 33.1 Å². The van der Waals surface area contributed by atoms with Crippen molar-refractivity contribution in [1.82, 2.24) is 14.5 Å². The van der Waals surface area contributed by atoms with E-state index in [1.807, 2.05) is 85.8 Å². The fourth-order valence-electron chi connectivity index (χ4n) is 6.54. The molecule has 8 aromatic rings. The molecular formula is C43H35N3O2. The standard InChI is InChI=1S/C43H35N3O2/c1-27-12-11-17-40(44-27)46-37-24-31(43(2,3)4)18-20-33(37)34-21-19-32(25-38(34)46)48-41-26-35(29-15-9-6-10-16-29)36-22-30(23-39(47)42(36)45-41)28-13-7-5-8-14-28/h5-26,47H,1-4H3. The van der Waals surface area contributed by atoms with Crippen LogP contribution in [0.5, 0.6) is 17.4 Å². The number of phenols is 1.